The number of likely N-dealkylation sites (tertiary alicyclic amines) is 1. The van der Waals surface area contributed by atoms with Gasteiger partial charge in [-0.05, 0) is 38.1 Å². The van der Waals surface area contributed by atoms with E-state index >= 15 is 0 Å². The molecule has 0 aliphatic carbocycles. The Kier molecular flexibility index (Phi) is 4.83. The normalized spacial score (nSPS) is 19.5. The Hall–Kier alpha value is -1.22. The van der Waals surface area contributed by atoms with Gasteiger partial charge in [0.05, 0.1) is 18.1 Å². The fraction of sp³-hybridized carbons (Fsp3) is 0.562. The van der Waals surface area contributed by atoms with Crippen molar-refractivity contribution in [3.8, 4) is 0 Å². The van der Waals surface area contributed by atoms with E-state index in [9.17, 15) is 8.42 Å². The van der Waals surface area contributed by atoms with Crippen LogP contribution in [0.4, 0.5) is 0 Å². The molecule has 8 heteroatoms. The third-order valence-corrected chi connectivity index (χ3v) is 7.65. The summed E-state index contributed by atoms with van der Waals surface area (Å²) < 4.78 is 28.2. The molecule has 0 amide bonds. The van der Waals surface area contributed by atoms with Crippen molar-refractivity contribution in [1.29, 1.82) is 0 Å². The van der Waals surface area contributed by atoms with Crippen LogP contribution < -0.4 is 0 Å². The van der Waals surface area contributed by atoms with Gasteiger partial charge in [0.15, 0.2) is 0 Å². The summed E-state index contributed by atoms with van der Waals surface area (Å²) in [6.07, 6.45) is 2.30. The number of nitrogens with zero attached hydrogens (tertiary/aromatic N) is 4. The van der Waals surface area contributed by atoms with Gasteiger partial charge < -0.3 is 0 Å². The first kappa shape index (κ1) is 17.6. The lowest BCUT2D eigenvalue weighted by molar-refractivity contribution is 0.191. The van der Waals surface area contributed by atoms with Crippen LogP contribution in [0.25, 0.3) is 0 Å². The molecular weight excluding hydrogens is 344 g/mol. The van der Waals surface area contributed by atoms with Crippen LogP contribution in [0.2, 0.25) is 0 Å². The van der Waals surface area contributed by atoms with Crippen LogP contribution in [0, 0.1) is 13.8 Å². The van der Waals surface area contributed by atoms with Gasteiger partial charge in [-0.25, -0.2) is 12.7 Å². The third-order valence-electron chi connectivity index (χ3n) is 4.60. The van der Waals surface area contributed by atoms with Crippen LogP contribution in [-0.2, 0) is 16.7 Å². The summed E-state index contributed by atoms with van der Waals surface area (Å²) in [7, 11) is -0.365. The van der Waals surface area contributed by atoms with Crippen molar-refractivity contribution in [2.45, 2.75) is 44.3 Å². The summed E-state index contributed by atoms with van der Waals surface area (Å²) in [5.74, 6) is 0. The van der Waals surface area contributed by atoms with Crippen LogP contribution in [0.15, 0.2) is 22.4 Å². The van der Waals surface area contributed by atoms with Gasteiger partial charge in [-0.3, -0.25) is 9.58 Å². The highest BCUT2D eigenvalue weighted by Crippen LogP contribution is 2.35. The molecule has 1 atom stereocenters. The lowest BCUT2D eigenvalue weighted by Gasteiger charge is -2.24. The Balaban J connectivity index is 1.89. The molecule has 0 N–H and O–H groups in total. The predicted octanol–water partition coefficient (Wildman–Crippen LogP) is 2.61. The number of sulfonamides is 1. The Morgan fingerprint density at radius 3 is 2.75 bits per heavy atom. The zero-order chi connectivity index (χ0) is 17.5. The fourth-order valence-corrected chi connectivity index (χ4v) is 5.50. The van der Waals surface area contributed by atoms with Gasteiger partial charge in [-0.2, -0.15) is 5.10 Å². The van der Waals surface area contributed by atoms with Gasteiger partial charge in [-0.15, -0.1) is 11.3 Å². The van der Waals surface area contributed by atoms with Gasteiger partial charge in [0.25, 0.3) is 0 Å². The van der Waals surface area contributed by atoms with Crippen LogP contribution in [-0.4, -0.2) is 48.0 Å². The van der Waals surface area contributed by atoms with Crippen LogP contribution in [0.5, 0.6) is 0 Å². The molecule has 3 heterocycles. The summed E-state index contributed by atoms with van der Waals surface area (Å²) in [6.45, 7) is 5.24. The maximum atomic E-state index is 12.5. The van der Waals surface area contributed by atoms with Crippen LogP contribution in [0.1, 0.15) is 35.1 Å². The Morgan fingerprint density at radius 1 is 1.38 bits per heavy atom. The molecule has 1 saturated heterocycles. The smallest absolute Gasteiger partial charge is 0.246 e. The van der Waals surface area contributed by atoms with Crippen molar-refractivity contribution in [3.05, 3.63) is 33.8 Å². The summed E-state index contributed by atoms with van der Waals surface area (Å²) in [4.78, 5) is 4.09. The van der Waals surface area contributed by atoms with Crippen LogP contribution in [0.3, 0.4) is 0 Å². The van der Waals surface area contributed by atoms with E-state index in [-0.39, 0.29) is 0 Å². The standard InChI is InChI=1S/C16H24N4O2S2/c1-12-16(24(21,22)18(3)4)13(2)20(17-12)11-19-9-5-7-14(19)15-8-6-10-23-15/h6,8,10,14H,5,7,9,11H2,1-4H3/t14-/m1/s1. The predicted molar refractivity (Wildman–Crippen MR) is 95.6 cm³/mol. The number of thiophene rings is 1. The van der Waals surface area contributed by atoms with E-state index in [2.05, 4.69) is 27.5 Å². The fourth-order valence-electron chi connectivity index (χ4n) is 3.34. The minimum absolute atomic E-state index is 0.333. The molecule has 3 rings (SSSR count). The molecule has 0 saturated carbocycles. The van der Waals surface area contributed by atoms with E-state index in [0.717, 1.165) is 19.4 Å². The molecule has 0 aromatic carbocycles. The molecule has 0 radical (unpaired) electrons. The van der Waals surface area contributed by atoms with Crippen molar-refractivity contribution in [1.82, 2.24) is 19.0 Å². The van der Waals surface area contributed by atoms with Crippen molar-refractivity contribution in [2.75, 3.05) is 20.6 Å². The van der Waals surface area contributed by atoms with E-state index in [1.165, 1.54) is 9.18 Å². The minimum Gasteiger partial charge on any atom is -0.276 e. The van der Waals surface area contributed by atoms with Gasteiger partial charge >= 0.3 is 0 Å². The highest BCUT2D eigenvalue weighted by molar-refractivity contribution is 7.89. The third kappa shape index (κ3) is 3.03. The van der Waals surface area contributed by atoms with E-state index in [4.69, 9.17) is 0 Å². The van der Waals surface area contributed by atoms with E-state index in [1.54, 1.807) is 32.4 Å². The Bertz CT molecular complexity index is 810. The molecule has 2 aromatic rings. The van der Waals surface area contributed by atoms with Crippen molar-refractivity contribution in [3.63, 3.8) is 0 Å². The zero-order valence-corrected chi connectivity index (χ0v) is 16.2. The molecule has 1 fully saturated rings. The molecule has 6 nitrogen and oxygen atoms in total. The molecule has 0 spiro atoms. The van der Waals surface area contributed by atoms with Crippen molar-refractivity contribution in [2.24, 2.45) is 0 Å². The molecule has 132 valence electrons. The number of aryl methyl sites for hydroxylation is 1. The van der Waals surface area contributed by atoms with Crippen molar-refractivity contribution >= 4 is 21.4 Å². The Labute approximate surface area is 147 Å². The van der Waals surface area contributed by atoms with Crippen LogP contribution >= 0.6 is 11.3 Å². The second-order valence-corrected chi connectivity index (χ2v) is 9.48. The molecule has 1 aliphatic heterocycles. The lowest BCUT2D eigenvalue weighted by Crippen LogP contribution is -2.27. The Morgan fingerprint density at radius 2 is 2.12 bits per heavy atom. The van der Waals surface area contributed by atoms with E-state index in [1.807, 2.05) is 11.6 Å². The monoisotopic (exact) mass is 368 g/mol. The van der Waals surface area contributed by atoms with E-state index < -0.39 is 10.0 Å². The number of rotatable bonds is 5. The number of aromatic nitrogens is 2. The molecule has 0 bridgehead atoms. The first-order valence-electron chi connectivity index (χ1n) is 8.06. The largest absolute Gasteiger partial charge is 0.276 e. The zero-order valence-electron chi connectivity index (χ0n) is 14.6. The minimum atomic E-state index is -3.47. The lowest BCUT2D eigenvalue weighted by atomic mass is 10.2. The number of hydrogen-bond acceptors (Lipinski definition) is 5. The SMILES string of the molecule is Cc1nn(CN2CCC[C@@H]2c2cccs2)c(C)c1S(=O)(=O)N(C)C. The van der Waals surface area contributed by atoms with E-state index in [0.29, 0.717) is 29.0 Å². The maximum Gasteiger partial charge on any atom is 0.246 e. The maximum absolute atomic E-state index is 12.5. The summed E-state index contributed by atoms with van der Waals surface area (Å²) in [6, 6.07) is 4.67. The second kappa shape index (κ2) is 6.59. The first-order valence-corrected chi connectivity index (χ1v) is 10.4. The summed E-state index contributed by atoms with van der Waals surface area (Å²) >= 11 is 1.78. The summed E-state index contributed by atoms with van der Waals surface area (Å²) in [5.41, 5.74) is 1.27. The molecule has 1 aliphatic rings. The molecular formula is C16H24N4O2S2. The van der Waals surface area contributed by atoms with Gasteiger partial charge in [0, 0.05) is 31.6 Å². The quantitative estimate of drug-likeness (QED) is 0.814. The van der Waals surface area contributed by atoms with Gasteiger partial charge in [0.1, 0.15) is 4.90 Å². The van der Waals surface area contributed by atoms with Gasteiger partial charge in [0.2, 0.25) is 10.0 Å². The van der Waals surface area contributed by atoms with Crippen molar-refractivity contribution < 1.29 is 8.42 Å². The number of hydrogen-bond donors (Lipinski definition) is 0. The molecule has 2 aromatic heterocycles. The molecule has 24 heavy (non-hydrogen) atoms. The average Bonchev–Trinajstić information content (AvgIpc) is 3.20. The molecule has 0 unspecified atom stereocenters. The van der Waals surface area contributed by atoms with Gasteiger partial charge in [-0.1, -0.05) is 6.07 Å². The first-order chi connectivity index (χ1) is 11.3. The highest BCUT2D eigenvalue weighted by Gasteiger charge is 2.30. The average molecular weight is 369 g/mol. The highest BCUT2D eigenvalue weighted by atomic mass is 32.2. The topological polar surface area (TPSA) is 58.4 Å². The second-order valence-electron chi connectivity index (χ2n) is 6.41. The summed E-state index contributed by atoms with van der Waals surface area (Å²) in [5, 5.41) is 6.62.